The maximum Gasteiger partial charge on any atom is 0.328 e. The van der Waals surface area contributed by atoms with Gasteiger partial charge < -0.3 is 25.6 Å². The van der Waals surface area contributed by atoms with E-state index < -0.39 is 24.5 Å². The summed E-state index contributed by atoms with van der Waals surface area (Å²) >= 11 is 0. The predicted octanol–water partition coefficient (Wildman–Crippen LogP) is 8.26. The first-order valence-corrected chi connectivity index (χ1v) is 18.9. The summed E-state index contributed by atoms with van der Waals surface area (Å²) in [6.45, 7) is 3.31. The minimum atomic E-state index is -1.39. The third-order valence-corrected chi connectivity index (χ3v) is 8.14. The second-order valence-electron chi connectivity index (χ2n) is 12.6. The molecule has 2 atom stereocenters. The number of hydrogen-bond donors (Lipinski definition) is 4. The molecule has 0 bridgehead atoms. The van der Waals surface area contributed by atoms with Crippen molar-refractivity contribution in [3.63, 3.8) is 0 Å². The summed E-state index contributed by atoms with van der Waals surface area (Å²) in [5.74, 6) is -2.44. The standard InChI is InChI=1S/C39H68N2O7/c1-3-5-7-9-11-13-14-15-16-17-19-21-27-31-38(45)48-34(28-24-20-18-12-10-8-6-4-2)29-25-22-23-26-30-36(43)40-32-37(44)41-35(33-42)39(46)47/h6,8,12,18,24,28,34-35,42H,3-5,7,9-11,13-17,19-23,25-27,29-33H2,1-2H3,(H,40,43)(H,41,44)(H,46,47)/b8-6-,18-12-,28-24-. The molecule has 9 nitrogen and oxygen atoms in total. The maximum atomic E-state index is 12.6. The predicted molar refractivity (Wildman–Crippen MR) is 195 cm³/mol. The molecule has 4 N–H and O–H groups in total. The highest BCUT2D eigenvalue weighted by Gasteiger charge is 2.18. The molecule has 0 fully saturated rings. The molecule has 48 heavy (non-hydrogen) atoms. The van der Waals surface area contributed by atoms with Crippen molar-refractivity contribution >= 4 is 23.8 Å². The SMILES string of the molecule is CC/C=C\C/C=C\C/C=C\C(CCCCCCC(=O)NCC(=O)NC(CO)C(=O)O)OC(=O)CCCCCCCCCCCCCCC. The highest BCUT2D eigenvalue weighted by molar-refractivity contribution is 5.87. The number of carboxylic acid groups (broad SMARTS) is 1. The molecule has 276 valence electrons. The number of aliphatic carboxylic acids is 1. The average molecular weight is 677 g/mol. The number of carbonyl (C=O) groups excluding carboxylic acids is 3. The van der Waals surface area contributed by atoms with Gasteiger partial charge in [-0.05, 0) is 51.0 Å². The third-order valence-electron chi connectivity index (χ3n) is 8.14. The number of aliphatic hydroxyl groups excluding tert-OH is 1. The molecule has 0 aliphatic heterocycles. The first-order chi connectivity index (χ1) is 23.3. The quantitative estimate of drug-likeness (QED) is 0.0311. The fraction of sp³-hybridized carbons (Fsp3) is 0.744. The van der Waals surface area contributed by atoms with Gasteiger partial charge in [0.2, 0.25) is 11.8 Å². The van der Waals surface area contributed by atoms with Crippen molar-refractivity contribution in [2.75, 3.05) is 13.2 Å². The van der Waals surface area contributed by atoms with Gasteiger partial charge >= 0.3 is 11.9 Å². The fourth-order valence-electron chi connectivity index (χ4n) is 5.23. The van der Waals surface area contributed by atoms with E-state index in [1.165, 1.54) is 70.6 Å². The molecule has 2 amide bonds. The van der Waals surface area contributed by atoms with Crippen molar-refractivity contribution in [1.29, 1.82) is 0 Å². The lowest BCUT2D eigenvalue weighted by Crippen LogP contribution is -2.47. The van der Waals surface area contributed by atoms with Crippen LogP contribution in [0.15, 0.2) is 36.5 Å². The molecule has 0 aliphatic carbocycles. The molecule has 0 radical (unpaired) electrons. The van der Waals surface area contributed by atoms with E-state index in [0.29, 0.717) is 12.8 Å². The summed E-state index contributed by atoms with van der Waals surface area (Å²) in [5, 5.41) is 22.5. The lowest BCUT2D eigenvalue weighted by molar-refractivity contribution is -0.147. The van der Waals surface area contributed by atoms with Crippen molar-refractivity contribution in [2.24, 2.45) is 0 Å². The van der Waals surface area contributed by atoms with E-state index in [1.54, 1.807) is 0 Å². The molecule has 2 unspecified atom stereocenters. The van der Waals surface area contributed by atoms with Crippen molar-refractivity contribution in [1.82, 2.24) is 10.6 Å². The van der Waals surface area contributed by atoms with E-state index >= 15 is 0 Å². The molecule has 0 saturated heterocycles. The molecule has 0 spiro atoms. The van der Waals surface area contributed by atoms with Crippen molar-refractivity contribution in [3.05, 3.63) is 36.5 Å². The van der Waals surface area contributed by atoms with Gasteiger partial charge in [0.15, 0.2) is 0 Å². The Kier molecular flexibility index (Phi) is 31.9. The Labute approximate surface area is 291 Å². The maximum absolute atomic E-state index is 12.6. The van der Waals surface area contributed by atoms with Gasteiger partial charge in [0, 0.05) is 12.8 Å². The van der Waals surface area contributed by atoms with Gasteiger partial charge in [0.25, 0.3) is 0 Å². The van der Waals surface area contributed by atoms with Gasteiger partial charge in [0.1, 0.15) is 12.1 Å². The number of carbonyl (C=O) groups is 4. The van der Waals surface area contributed by atoms with Gasteiger partial charge in [-0.3, -0.25) is 14.4 Å². The molecule has 9 heteroatoms. The Morgan fingerprint density at radius 1 is 0.646 bits per heavy atom. The minimum absolute atomic E-state index is 0.137. The van der Waals surface area contributed by atoms with Gasteiger partial charge in [0.05, 0.1) is 13.2 Å². The van der Waals surface area contributed by atoms with Crippen LogP contribution in [0, 0.1) is 0 Å². The van der Waals surface area contributed by atoms with Crippen LogP contribution >= 0.6 is 0 Å². The van der Waals surface area contributed by atoms with Crippen LogP contribution in [0.1, 0.15) is 162 Å². The lowest BCUT2D eigenvalue weighted by atomic mass is 10.0. The number of ether oxygens (including phenoxy) is 1. The van der Waals surface area contributed by atoms with Crippen molar-refractivity contribution < 1.29 is 34.1 Å². The van der Waals surface area contributed by atoms with Crippen molar-refractivity contribution in [3.8, 4) is 0 Å². The second kappa shape index (κ2) is 33.9. The van der Waals surface area contributed by atoms with Crippen LogP contribution in [0.3, 0.4) is 0 Å². The van der Waals surface area contributed by atoms with E-state index in [9.17, 15) is 19.2 Å². The largest absolute Gasteiger partial charge is 0.480 e. The number of nitrogens with one attached hydrogen (secondary N) is 2. The van der Waals surface area contributed by atoms with Gasteiger partial charge in [-0.2, -0.15) is 0 Å². The minimum Gasteiger partial charge on any atom is -0.480 e. The second-order valence-corrected chi connectivity index (χ2v) is 12.6. The Morgan fingerprint density at radius 2 is 1.17 bits per heavy atom. The number of allylic oxidation sites excluding steroid dienone is 5. The molecule has 0 aliphatic rings. The average Bonchev–Trinajstić information content (AvgIpc) is 3.07. The van der Waals surface area contributed by atoms with E-state index in [-0.39, 0.29) is 30.9 Å². The monoisotopic (exact) mass is 677 g/mol. The molecule has 0 aromatic heterocycles. The Hall–Kier alpha value is -2.94. The number of carboxylic acids is 1. The molecule has 0 heterocycles. The molecular formula is C39H68N2O7. The van der Waals surface area contributed by atoms with Crippen LogP contribution in [-0.2, 0) is 23.9 Å². The highest BCUT2D eigenvalue weighted by Crippen LogP contribution is 2.15. The van der Waals surface area contributed by atoms with Crippen LogP contribution in [0.25, 0.3) is 0 Å². The number of amides is 2. The number of esters is 1. The summed E-state index contributed by atoms with van der Waals surface area (Å²) in [6.07, 6.45) is 36.2. The van der Waals surface area contributed by atoms with Crippen LogP contribution in [0.4, 0.5) is 0 Å². The summed E-state index contributed by atoms with van der Waals surface area (Å²) in [7, 11) is 0. The van der Waals surface area contributed by atoms with E-state index in [2.05, 4.69) is 54.9 Å². The van der Waals surface area contributed by atoms with E-state index in [0.717, 1.165) is 57.8 Å². The zero-order chi connectivity index (χ0) is 35.5. The van der Waals surface area contributed by atoms with Crippen molar-refractivity contribution in [2.45, 2.75) is 174 Å². The van der Waals surface area contributed by atoms with Crippen LogP contribution in [-0.4, -0.2) is 59.3 Å². The lowest BCUT2D eigenvalue weighted by Gasteiger charge is -2.15. The number of unbranched alkanes of at least 4 members (excludes halogenated alkanes) is 15. The molecular weight excluding hydrogens is 608 g/mol. The Bertz CT molecular complexity index is 916. The molecule has 0 rings (SSSR count). The number of aliphatic hydroxyl groups is 1. The summed E-state index contributed by atoms with van der Waals surface area (Å²) < 4.78 is 5.85. The summed E-state index contributed by atoms with van der Waals surface area (Å²) in [5.41, 5.74) is 0. The fourth-order valence-corrected chi connectivity index (χ4v) is 5.23. The first kappa shape index (κ1) is 45.1. The summed E-state index contributed by atoms with van der Waals surface area (Å²) in [6, 6.07) is -1.39. The molecule has 0 saturated carbocycles. The highest BCUT2D eigenvalue weighted by atomic mass is 16.5. The first-order valence-electron chi connectivity index (χ1n) is 18.9. The normalized spacial score (nSPS) is 12.9. The molecule has 0 aromatic rings. The number of hydrogen-bond acceptors (Lipinski definition) is 6. The van der Waals surface area contributed by atoms with Gasteiger partial charge in [-0.15, -0.1) is 0 Å². The third kappa shape index (κ3) is 30.4. The summed E-state index contributed by atoms with van der Waals surface area (Å²) in [4.78, 5) is 47.3. The van der Waals surface area contributed by atoms with Crippen LogP contribution < -0.4 is 10.6 Å². The van der Waals surface area contributed by atoms with E-state index in [4.69, 9.17) is 14.9 Å². The topological polar surface area (TPSA) is 142 Å². The molecule has 0 aromatic carbocycles. The van der Waals surface area contributed by atoms with Crippen LogP contribution in [0.2, 0.25) is 0 Å². The number of rotatable bonds is 33. The Morgan fingerprint density at radius 3 is 1.73 bits per heavy atom. The van der Waals surface area contributed by atoms with Gasteiger partial charge in [-0.25, -0.2) is 4.79 Å². The van der Waals surface area contributed by atoms with Gasteiger partial charge in [-0.1, -0.05) is 134 Å². The zero-order valence-electron chi connectivity index (χ0n) is 30.2. The zero-order valence-corrected chi connectivity index (χ0v) is 30.2. The van der Waals surface area contributed by atoms with E-state index in [1.807, 2.05) is 6.08 Å². The Balaban J connectivity index is 4.34. The smallest absolute Gasteiger partial charge is 0.328 e. The van der Waals surface area contributed by atoms with Crippen LogP contribution in [0.5, 0.6) is 0 Å².